The molecule has 0 aromatic heterocycles. The first-order valence-electron chi connectivity index (χ1n) is 14.2. The second-order valence-electron chi connectivity index (χ2n) is 10.2. The Morgan fingerprint density at radius 3 is 2.36 bits per heavy atom. The topological polar surface area (TPSA) is 91.7 Å². The molecule has 0 atom stereocenters. The smallest absolute Gasteiger partial charge is 0.260 e. The van der Waals surface area contributed by atoms with Crippen LogP contribution in [0.2, 0.25) is 5.02 Å². The molecular formula is C32H40Cl2N2O6. The number of hydrogen-bond acceptors (Lipinski definition) is 7. The summed E-state index contributed by atoms with van der Waals surface area (Å²) in [6.45, 7) is 6.42. The van der Waals surface area contributed by atoms with E-state index in [1.807, 2.05) is 17.0 Å². The SMILES string of the molecule is CCCCCCc1ccc(O)cc1O.Cl.O=C(COc1ccc(Cl)cc1)N1CCN(Cc2ccc3c(c2)OCO3)CC1. The molecule has 42 heavy (non-hydrogen) atoms. The summed E-state index contributed by atoms with van der Waals surface area (Å²) in [5.74, 6) is 2.60. The Balaban J connectivity index is 0.000000275. The highest BCUT2D eigenvalue weighted by Gasteiger charge is 2.22. The fraction of sp³-hybridized carbons (Fsp3) is 0.406. The van der Waals surface area contributed by atoms with Crippen LogP contribution < -0.4 is 14.2 Å². The van der Waals surface area contributed by atoms with Crippen LogP contribution in [0.1, 0.15) is 43.7 Å². The minimum Gasteiger partial charge on any atom is -0.508 e. The number of ether oxygens (including phenoxy) is 3. The van der Waals surface area contributed by atoms with Gasteiger partial charge in [0.05, 0.1) is 0 Å². The van der Waals surface area contributed by atoms with E-state index in [1.54, 1.807) is 36.4 Å². The highest BCUT2D eigenvalue weighted by Crippen LogP contribution is 2.33. The van der Waals surface area contributed by atoms with Crippen LogP contribution in [-0.2, 0) is 17.8 Å². The van der Waals surface area contributed by atoms with Gasteiger partial charge >= 0.3 is 0 Å². The molecule has 2 N–H and O–H groups in total. The first-order valence-corrected chi connectivity index (χ1v) is 14.6. The molecule has 3 aromatic rings. The van der Waals surface area contributed by atoms with Crippen molar-refractivity contribution in [3.05, 3.63) is 76.8 Å². The lowest BCUT2D eigenvalue weighted by molar-refractivity contribution is -0.135. The maximum atomic E-state index is 12.4. The van der Waals surface area contributed by atoms with Crippen molar-refractivity contribution < 1.29 is 29.2 Å². The van der Waals surface area contributed by atoms with Crippen molar-refractivity contribution in [2.45, 2.75) is 45.6 Å². The third-order valence-electron chi connectivity index (χ3n) is 7.11. The lowest BCUT2D eigenvalue weighted by Gasteiger charge is -2.34. The molecule has 228 valence electrons. The van der Waals surface area contributed by atoms with Crippen molar-refractivity contribution >= 4 is 29.9 Å². The van der Waals surface area contributed by atoms with Crippen molar-refractivity contribution in [1.29, 1.82) is 0 Å². The number of hydrogen-bond donors (Lipinski definition) is 2. The first kappa shape index (κ1) is 33.2. The van der Waals surface area contributed by atoms with E-state index >= 15 is 0 Å². The van der Waals surface area contributed by atoms with Gasteiger partial charge in [-0.25, -0.2) is 0 Å². The second-order valence-corrected chi connectivity index (χ2v) is 10.6. The van der Waals surface area contributed by atoms with E-state index in [4.69, 9.17) is 30.9 Å². The number of fused-ring (bicyclic) bond motifs is 1. The number of nitrogens with zero attached hydrogens (tertiary/aromatic N) is 2. The molecule has 10 heteroatoms. The van der Waals surface area contributed by atoms with Gasteiger partial charge in [-0.1, -0.05) is 49.9 Å². The predicted molar refractivity (Wildman–Crippen MR) is 166 cm³/mol. The van der Waals surface area contributed by atoms with Gasteiger partial charge in [-0.2, -0.15) is 0 Å². The van der Waals surface area contributed by atoms with E-state index in [1.165, 1.54) is 30.9 Å². The molecule has 5 rings (SSSR count). The molecule has 2 heterocycles. The van der Waals surface area contributed by atoms with Crippen LogP contribution in [-0.4, -0.2) is 65.5 Å². The maximum Gasteiger partial charge on any atom is 0.260 e. The van der Waals surface area contributed by atoms with Gasteiger partial charge < -0.3 is 29.3 Å². The summed E-state index contributed by atoms with van der Waals surface area (Å²) in [4.78, 5) is 16.5. The minimum atomic E-state index is 0. The summed E-state index contributed by atoms with van der Waals surface area (Å²) >= 11 is 5.85. The number of amides is 1. The molecule has 8 nitrogen and oxygen atoms in total. The molecular weight excluding hydrogens is 579 g/mol. The summed E-state index contributed by atoms with van der Waals surface area (Å²) in [5.41, 5.74) is 2.11. The van der Waals surface area contributed by atoms with E-state index in [0.717, 1.165) is 49.5 Å². The van der Waals surface area contributed by atoms with Crippen LogP contribution in [0, 0.1) is 0 Å². The Bertz CT molecular complexity index is 1270. The van der Waals surface area contributed by atoms with Gasteiger partial charge in [0.1, 0.15) is 17.2 Å². The number of aromatic hydroxyl groups is 2. The van der Waals surface area contributed by atoms with E-state index in [-0.39, 0.29) is 43.2 Å². The normalized spacial score (nSPS) is 14.0. The lowest BCUT2D eigenvalue weighted by Crippen LogP contribution is -2.49. The first-order chi connectivity index (χ1) is 19.9. The van der Waals surface area contributed by atoms with Crippen LogP contribution in [0.5, 0.6) is 28.7 Å². The monoisotopic (exact) mass is 618 g/mol. The molecule has 1 fully saturated rings. The van der Waals surface area contributed by atoms with E-state index in [2.05, 4.69) is 17.9 Å². The molecule has 1 amide bonds. The van der Waals surface area contributed by atoms with Gasteiger partial charge in [0, 0.05) is 43.8 Å². The van der Waals surface area contributed by atoms with Gasteiger partial charge in [-0.05, 0) is 66.4 Å². The summed E-state index contributed by atoms with van der Waals surface area (Å²) in [7, 11) is 0. The molecule has 0 unspecified atom stereocenters. The van der Waals surface area contributed by atoms with Crippen molar-refractivity contribution in [2.75, 3.05) is 39.6 Å². The largest absolute Gasteiger partial charge is 0.508 e. The van der Waals surface area contributed by atoms with Crippen molar-refractivity contribution in [3.63, 3.8) is 0 Å². The van der Waals surface area contributed by atoms with Gasteiger partial charge in [-0.3, -0.25) is 9.69 Å². The van der Waals surface area contributed by atoms with Crippen molar-refractivity contribution in [1.82, 2.24) is 9.80 Å². The zero-order valence-electron chi connectivity index (χ0n) is 24.0. The highest BCUT2D eigenvalue weighted by molar-refractivity contribution is 6.30. The van der Waals surface area contributed by atoms with Gasteiger partial charge in [-0.15, -0.1) is 12.4 Å². The van der Waals surface area contributed by atoms with Gasteiger partial charge in [0.25, 0.3) is 5.91 Å². The lowest BCUT2D eigenvalue weighted by atomic mass is 10.1. The third-order valence-corrected chi connectivity index (χ3v) is 7.36. The zero-order valence-corrected chi connectivity index (χ0v) is 25.5. The number of phenolic OH excluding ortho intramolecular Hbond substituents is 2. The van der Waals surface area contributed by atoms with Gasteiger partial charge in [0.2, 0.25) is 6.79 Å². The number of phenols is 2. The molecule has 0 bridgehead atoms. The standard InChI is InChI=1S/C20H21ClN2O4.C12H18O2.ClH/c21-16-2-4-17(5-3-16)25-13-20(24)23-9-7-22(8-10-23)12-15-1-6-18-19(11-15)27-14-26-18;1-2-3-4-5-6-10-7-8-11(13)9-12(10)14;/h1-6,11H,7-10,12-14H2;7-9,13-14H,2-6H2,1H3;1H. The number of unbranched alkanes of at least 4 members (excludes halogenated alkanes) is 3. The number of rotatable bonds is 10. The molecule has 0 saturated carbocycles. The minimum absolute atomic E-state index is 0. The number of piperazine rings is 1. The average Bonchev–Trinajstić information content (AvgIpc) is 3.45. The predicted octanol–water partition coefficient (Wildman–Crippen LogP) is 6.43. The van der Waals surface area contributed by atoms with Crippen LogP contribution in [0.4, 0.5) is 0 Å². The summed E-state index contributed by atoms with van der Waals surface area (Å²) in [6, 6.07) is 17.9. The van der Waals surface area contributed by atoms with Crippen LogP contribution in [0.15, 0.2) is 60.7 Å². The van der Waals surface area contributed by atoms with Crippen LogP contribution >= 0.6 is 24.0 Å². The second kappa shape index (κ2) is 16.9. The zero-order chi connectivity index (χ0) is 29.0. The van der Waals surface area contributed by atoms with Gasteiger partial charge in [0.15, 0.2) is 18.1 Å². The molecule has 0 aliphatic carbocycles. The van der Waals surface area contributed by atoms with Crippen molar-refractivity contribution in [2.24, 2.45) is 0 Å². The van der Waals surface area contributed by atoms with E-state index in [0.29, 0.717) is 23.9 Å². The third kappa shape index (κ3) is 10.2. The fourth-order valence-corrected chi connectivity index (χ4v) is 4.85. The molecule has 1 saturated heterocycles. The van der Waals surface area contributed by atoms with E-state index in [9.17, 15) is 9.90 Å². The highest BCUT2D eigenvalue weighted by atomic mass is 35.5. The Hall–Kier alpha value is -3.33. The number of carbonyl (C=O) groups excluding carboxylic acids is 1. The maximum absolute atomic E-state index is 12.4. The van der Waals surface area contributed by atoms with Crippen LogP contribution in [0.3, 0.4) is 0 Å². The summed E-state index contributed by atoms with van der Waals surface area (Å²) in [5, 5.41) is 19.2. The Morgan fingerprint density at radius 2 is 1.64 bits per heavy atom. The average molecular weight is 620 g/mol. The van der Waals surface area contributed by atoms with E-state index < -0.39 is 0 Å². The fourth-order valence-electron chi connectivity index (χ4n) is 4.73. The quantitative estimate of drug-likeness (QED) is 0.253. The summed E-state index contributed by atoms with van der Waals surface area (Å²) in [6.07, 6.45) is 5.68. The summed E-state index contributed by atoms with van der Waals surface area (Å²) < 4.78 is 16.3. The number of benzene rings is 3. The number of aryl methyl sites for hydroxylation is 1. The Kier molecular flexibility index (Phi) is 13.4. The number of carbonyl (C=O) groups is 1. The molecule has 2 aliphatic rings. The molecule has 2 aliphatic heterocycles. The number of halogens is 2. The Morgan fingerprint density at radius 1 is 0.905 bits per heavy atom. The molecule has 0 radical (unpaired) electrons. The Labute approximate surface area is 259 Å². The molecule has 0 spiro atoms. The molecule has 3 aromatic carbocycles. The van der Waals surface area contributed by atoms with Crippen LogP contribution in [0.25, 0.3) is 0 Å². The van der Waals surface area contributed by atoms with Crippen molar-refractivity contribution in [3.8, 4) is 28.7 Å².